The van der Waals surface area contributed by atoms with Gasteiger partial charge in [-0.2, -0.15) is 0 Å². The summed E-state index contributed by atoms with van der Waals surface area (Å²) in [5.74, 6) is -0.174. The number of likely N-dealkylation sites (N-methyl/N-ethyl adjacent to an activating group) is 1. The number of hydrogen-bond acceptors (Lipinski definition) is 5. The molecule has 1 amide bonds. The van der Waals surface area contributed by atoms with Gasteiger partial charge in [-0.25, -0.2) is 4.79 Å². The smallest absolute Gasteiger partial charge is 0.341 e. The van der Waals surface area contributed by atoms with Crippen LogP contribution in [0.15, 0.2) is 24.3 Å². The van der Waals surface area contributed by atoms with Crippen molar-refractivity contribution in [2.24, 2.45) is 0 Å². The van der Waals surface area contributed by atoms with Gasteiger partial charge in [0.25, 0.3) is 5.91 Å². The molecule has 0 radical (unpaired) electrons. The van der Waals surface area contributed by atoms with Crippen molar-refractivity contribution in [2.45, 2.75) is 0 Å². The first-order chi connectivity index (χ1) is 10.1. The van der Waals surface area contributed by atoms with Gasteiger partial charge in [-0.05, 0) is 19.2 Å². The lowest BCUT2D eigenvalue weighted by atomic mass is 10.2. The highest BCUT2D eigenvalue weighted by atomic mass is 35.5. The molecular formula is C15H21ClN2O4. The quantitative estimate of drug-likeness (QED) is 0.773. The van der Waals surface area contributed by atoms with Crippen LogP contribution < -0.4 is 4.74 Å². The summed E-state index contributed by atoms with van der Waals surface area (Å²) in [5.41, 5.74) is 0.325. The third-order valence-corrected chi connectivity index (χ3v) is 3.50. The topological polar surface area (TPSA) is 59.1 Å². The van der Waals surface area contributed by atoms with Gasteiger partial charge in [0.15, 0.2) is 6.61 Å². The molecule has 1 saturated heterocycles. The van der Waals surface area contributed by atoms with Gasteiger partial charge < -0.3 is 19.3 Å². The number of carbonyl (C=O) groups is 2. The van der Waals surface area contributed by atoms with E-state index in [0.29, 0.717) is 24.4 Å². The first kappa shape index (κ1) is 18.3. The van der Waals surface area contributed by atoms with Crippen LogP contribution in [0.3, 0.4) is 0 Å². The first-order valence-corrected chi connectivity index (χ1v) is 6.88. The lowest BCUT2D eigenvalue weighted by molar-refractivity contribution is -0.134. The van der Waals surface area contributed by atoms with E-state index in [9.17, 15) is 9.59 Å². The molecule has 2 rings (SSSR count). The molecule has 122 valence electrons. The molecule has 0 atom stereocenters. The number of rotatable bonds is 4. The van der Waals surface area contributed by atoms with E-state index in [1.165, 1.54) is 7.11 Å². The van der Waals surface area contributed by atoms with Crippen molar-refractivity contribution in [1.82, 2.24) is 9.80 Å². The molecule has 1 fully saturated rings. The molecule has 1 aromatic rings. The predicted octanol–water partition coefficient (Wildman–Crippen LogP) is 1.05. The van der Waals surface area contributed by atoms with Crippen molar-refractivity contribution in [2.75, 3.05) is 46.9 Å². The Hall–Kier alpha value is -1.79. The zero-order chi connectivity index (χ0) is 15.2. The maximum absolute atomic E-state index is 12.1. The van der Waals surface area contributed by atoms with Crippen LogP contribution in [-0.4, -0.2) is 68.6 Å². The number of esters is 1. The van der Waals surface area contributed by atoms with Crippen LogP contribution >= 0.6 is 12.4 Å². The Morgan fingerprint density at radius 1 is 1.14 bits per heavy atom. The minimum Gasteiger partial charge on any atom is -0.483 e. The zero-order valence-corrected chi connectivity index (χ0v) is 13.6. The molecular weight excluding hydrogens is 308 g/mol. The largest absolute Gasteiger partial charge is 0.483 e. The summed E-state index contributed by atoms with van der Waals surface area (Å²) >= 11 is 0. The molecule has 0 spiro atoms. The second kappa shape index (κ2) is 8.60. The summed E-state index contributed by atoms with van der Waals surface area (Å²) in [6, 6.07) is 6.74. The SMILES string of the molecule is COC(=O)c1ccccc1OCC(=O)N1CCN(C)CC1.Cl. The molecule has 0 N–H and O–H groups in total. The average Bonchev–Trinajstić information content (AvgIpc) is 2.52. The Balaban J connectivity index is 0.00000242. The Bertz CT molecular complexity index is 516. The molecule has 0 aliphatic carbocycles. The van der Waals surface area contributed by atoms with Crippen LogP contribution in [0, 0.1) is 0 Å². The molecule has 22 heavy (non-hydrogen) atoms. The van der Waals surface area contributed by atoms with Gasteiger partial charge in [-0.1, -0.05) is 12.1 Å². The third kappa shape index (κ3) is 4.61. The van der Waals surface area contributed by atoms with Gasteiger partial charge >= 0.3 is 5.97 Å². The van der Waals surface area contributed by atoms with Crippen molar-refractivity contribution in [3.8, 4) is 5.75 Å². The molecule has 1 heterocycles. The second-order valence-electron chi connectivity index (χ2n) is 4.96. The summed E-state index contributed by atoms with van der Waals surface area (Å²) < 4.78 is 10.2. The number of halogens is 1. The summed E-state index contributed by atoms with van der Waals surface area (Å²) in [7, 11) is 3.35. The molecule has 0 saturated carbocycles. The van der Waals surface area contributed by atoms with Gasteiger partial charge in [0, 0.05) is 26.2 Å². The average molecular weight is 329 g/mol. The molecule has 6 nitrogen and oxygen atoms in total. The molecule has 7 heteroatoms. The van der Waals surface area contributed by atoms with E-state index in [-0.39, 0.29) is 24.9 Å². The number of ether oxygens (including phenoxy) is 2. The minimum atomic E-state index is -0.474. The fourth-order valence-corrected chi connectivity index (χ4v) is 2.16. The molecule has 1 aromatic carbocycles. The normalized spacial score (nSPS) is 14.9. The third-order valence-electron chi connectivity index (χ3n) is 3.50. The molecule has 0 aromatic heterocycles. The number of para-hydroxylation sites is 1. The maximum atomic E-state index is 12.1. The van der Waals surface area contributed by atoms with E-state index in [4.69, 9.17) is 9.47 Å². The van der Waals surface area contributed by atoms with Crippen LogP contribution in [0.2, 0.25) is 0 Å². The van der Waals surface area contributed by atoms with Crippen LogP contribution in [0.4, 0.5) is 0 Å². The van der Waals surface area contributed by atoms with Crippen LogP contribution in [-0.2, 0) is 9.53 Å². The van der Waals surface area contributed by atoms with Crippen LogP contribution in [0.1, 0.15) is 10.4 Å². The summed E-state index contributed by atoms with van der Waals surface area (Å²) in [5, 5.41) is 0. The highest BCUT2D eigenvalue weighted by Crippen LogP contribution is 2.18. The van der Waals surface area contributed by atoms with Crippen molar-refractivity contribution in [3.05, 3.63) is 29.8 Å². The molecule has 1 aliphatic heterocycles. The van der Waals surface area contributed by atoms with E-state index in [2.05, 4.69) is 4.90 Å². The number of benzene rings is 1. The van der Waals surface area contributed by atoms with Crippen molar-refractivity contribution in [3.63, 3.8) is 0 Å². The minimum absolute atomic E-state index is 0. The maximum Gasteiger partial charge on any atom is 0.341 e. The van der Waals surface area contributed by atoms with Crippen molar-refractivity contribution in [1.29, 1.82) is 0 Å². The number of amides is 1. The lowest BCUT2D eigenvalue weighted by Crippen LogP contribution is -2.48. The fraction of sp³-hybridized carbons (Fsp3) is 0.467. The summed E-state index contributed by atoms with van der Waals surface area (Å²) in [6.07, 6.45) is 0. The Morgan fingerprint density at radius 2 is 1.77 bits per heavy atom. The number of carbonyl (C=O) groups excluding carboxylic acids is 2. The van der Waals surface area contributed by atoms with Gasteiger partial charge in [-0.3, -0.25) is 4.79 Å². The molecule has 1 aliphatic rings. The van der Waals surface area contributed by atoms with Crippen molar-refractivity contribution >= 4 is 24.3 Å². The monoisotopic (exact) mass is 328 g/mol. The fourth-order valence-electron chi connectivity index (χ4n) is 2.16. The number of methoxy groups -OCH3 is 1. The summed E-state index contributed by atoms with van der Waals surface area (Å²) in [6.45, 7) is 3.07. The summed E-state index contributed by atoms with van der Waals surface area (Å²) in [4.78, 5) is 27.7. The zero-order valence-electron chi connectivity index (χ0n) is 12.8. The van der Waals surface area contributed by atoms with Crippen LogP contribution in [0.5, 0.6) is 5.75 Å². The molecule has 0 unspecified atom stereocenters. The highest BCUT2D eigenvalue weighted by Gasteiger charge is 2.20. The van der Waals surface area contributed by atoms with E-state index in [0.717, 1.165) is 13.1 Å². The van der Waals surface area contributed by atoms with Gasteiger partial charge in [0.1, 0.15) is 11.3 Å². The van der Waals surface area contributed by atoms with E-state index in [1.807, 2.05) is 7.05 Å². The standard InChI is InChI=1S/C15H20N2O4.ClH/c1-16-7-9-17(10-8-16)14(18)11-21-13-6-4-3-5-12(13)15(19)20-2;/h3-6H,7-11H2,1-2H3;1H. The van der Waals surface area contributed by atoms with Gasteiger partial charge in [0.2, 0.25) is 0 Å². The van der Waals surface area contributed by atoms with E-state index in [1.54, 1.807) is 29.2 Å². The van der Waals surface area contributed by atoms with Gasteiger partial charge in [-0.15, -0.1) is 12.4 Å². The lowest BCUT2D eigenvalue weighted by Gasteiger charge is -2.32. The number of hydrogen-bond donors (Lipinski definition) is 0. The Labute approximate surface area is 136 Å². The molecule has 0 bridgehead atoms. The number of piperazine rings is 1. The highest BCUT2D eigenvalue weighted by molar-refractivity contribution is 5.92. The van der Waals surface area contributed by atoms with Gasteiger partial charge in [0.05, 0.1) is 7.11 Å². The van der Waals surface area contributed by atoms with Crippen molar-refractivity contribution < 1.29 is 19.1 Å². The van der Waals surface area contributed by atoms with E-state index >= 15 is 0 Å². The first-order valence-electron chi connectivity index (χ1n) is 6.88. The second-order valence-corrected chi connectivity index (χ2v) is 4.96. The van der Waals surface area contributed by atoms with Crippen LogP contribution in [0.25, 0.3) is 0 Å². The Morgan fingerprint density at radius 3 is 2.41 bits per heavy atom. The van der Waals surface area contributed by atoms with E-state index < -0.39 is 5.97 Å². The predicted molar refractivity (Wildman–Crippen MR) is 84.6 cm³/mol. The Kier molecular flexibility index (Phi) is 7.14. The number of nitrogens with zero attached hydrogens (tertiary/aromatic N) is 2.